The summed E-state index contributed by atoms with van der Waals surface area (Å²) in [6, 6.07) is 5.14. The van der Waals surface area contributed by atoms with Gasteiger partial charge in [-0.15, -0.1) is 0 Å². The number of carbonyl (C=O) groups excluding carboxylic acids is 1. The number of amides is 1. The van der Waals surface area contributed by atoms with Crippen LogP contribution in [-0.2, 0) is 10.0 Å². The van der Waals surface area contributed by atoms with Crippen molar-refractivity contribution < 1.29 is 13.2 Å². The van der Waals surface area contributed by atoms with Crippen LogP contribution in [0.4, 0.5) is 0 Å². The Morgan fingerprint density at radius 2 is 2.00 bits per heavy atom. The summed E-state index contributed by atoms with van der Waals surface area (Å²) in [4.78, 5) is 11.8. The lowest BCUT2D eigenvalue weighted by Crippen LogP contribution is -2.33. The molecule has 0 radical (unpaired) electrons. The van der Waals surface area contributed by atoms with Crippen LogP contribution in [0.2, 0.25) is 0 Å². The molecule has 0 spiro atoms. The molecular formula is C10H12Br2N2O3S. The molecule has 2 N–H and O–H groups in total. The summed E-state index contributed by atoms with van der Waals surface area (Å²) < 4.78 is 26.0. The van der Waals surface area contributed by atoms with Crippen LogP contribution in [0.15, 0.2) is 27.1 Å². The molecule has 1 rings (SSSR count). The van der Waals surface area contributed by atoms with Crippen molar-refractivity contribution in [2.75, 3.05) is 19.3 Å². The van der Waals surface area contributed by atoms with Gasteiger partial charge < -0.3 is 5.32 Å². The second-order valence-electron chi connectivity index (χ2n) is 3.40. The Balaban J connectivity index is 2.61. The Hall–Kier alpha value is -0.440. The Labute approximate surface area is 123 Å². The van der Waals surface area contributed by atoms with E-state index in [1.807, 2.05) is 0 Å². The van der Waals surface area contributed by atoms with Gasteiger partial charge in [0.15, 0.2) is 0 Å². The molecule has 8 heteroatoms. The molecule has 0 heterocycles. The molecule has 0 aromatic heterocycles. The van der Waals surface area contributed by atoms with Crippen molar-refractivity contribution in [3.63, 3.8) is 0 Å². The Bertz CT molecular complexity index is 546. The predicted molar refractivity (Wildman–Crippen MR) is 77.0 cm³/mol. The van der Waals surface area contributed by atoms with E-state index >= 15 is 0 Å². The molecule has 1 aromatic carbocycles. The van der Waals surface area contributed by atoms with Crippen molar-refractivity contribution in [1.29, 1.82) is 0 Å². The summed E-state index contributed by atoms with van der Waals surface area (Å²) >= 11 is 6.56. The van der Waals surface area contributed by atoms with E-state index in [9.17, 15) is 13.2 Å². The fraction of sp³-hybridized carbons (Fsp3) is 0.300. The summed E-state index contributed by atoms with van der Waals surface area (Å²) in [5.74, 6) is -0.468. The number of hydrogen-bond donors (Lipinski definition) is 2. The smallest absolute Gasteiger partial charge is 0.252 e. The van der Waals surface area contributed by atoms with Crippen molar-refractivity contribution in [1.82, 2.24) is 10.0 Å². The van der Waals surface area contributed by atoms with Crippen LogP contribution in [0.25, 0.3) is 0 Å². The predicted octanol–water partition coefficient (Wildman–Crippen LogP) is 1.49. The first-order valence-corrected chi connectivity index (χ1v) is 8.24. The highest BCUT2D eigenvalue weighted by atomic mass is 79.9. The molecule has 0 unspecified atom stereocenters. The van der Waals surface area contributed by atoms with Gasteiger partial charge in [-0.25, -0.2) is 13.1 Å². The highest BCUT2D eigenvalue weighted by molar-refractivity contribution is 9.11. The van der Waals surface area contributed by atoms with Gasteiger partial charge in [-0.3, -0.25) is 4.79 Å². The molecule has 100 valence electrons. The van der Waals surface area contributed by atoms with Gasteiger partial charge in [0.25, 0.3) is 5.91 Å². The molecule has 1 amide bonds. The molecule has 5 nitrogen and oxygen atoms in total. The first-order valence-electron chi connectivity index (χ1n) is 5.00. The number of halogens is 2. The minimum Gasteiger partial charge on any atom is -0.351 e. The monoisotopic (exact) mass is 398 g/mol. The van der Waals surface area contributed by atoms with Crippen LogP contribution in [0, 0.1) is 0 Å². The summed E-state index contributed by atoms with van der Waals surface area (Å²) in [5, 5.41) is 2.55. The molecule has 0 fully saturated rings. The van der Waals surface area contributed by atoms with Crippen LogP contribution in [-0.4, -0.2) is 33.7 Å². The summed E-state index contributed by atoms with van der Waals surface area (Å²) in [6.07, 6.45) is 0. The largest absolute Gasteiger partial charge is 0.351 e. The second-order valence-corrected chi connectivity index (χ2v) is 7.22. The van der Waals surface area contributed by atoms with E-state index in [4.69, 9.17) is 0 Å². The summed E-state index contributed by atoms with van der Waals surface area (Å²) in [6.45, 7) is 0.0600. The lowest BCUT2D eigenvalue weighted by atomic mass is 10.2. The fourth-order valence-corrected chi connectivity index (χ4v) is 2.97. The highest BCUT2D eigenvalue weighted by Gasteiger charge is 2.12. The van der Waals surface area contributed by atoms with Crippen molar-refractivity contribution >= 4 is 47.8 Å². The SMILES string of the molecule is CNS(=O)(=O)CCNC(=O)c1ccc(Br)cc1Br. The molecule has 0 bridgehead atoms. The molecule has 0 aliphatic carbocycles. The molecular weight excluding hydrogens is 388 g/mol. The number of nitrogens with one attached hydrogen (secondary N) is 2. The zero-order chi connectivity index (χ0) is 13.8. The van der Waals surface area contributed by atoms with Crippen molar-refractivity contribution in [3.05, 3.63) is 32.7 Å². The Morgan fingerprint density at radius 1 is 1.33 bits per heavy atom. The Morgan fingerprint density at radius 3 is 2.56 bits per heavy atom. The molecule has 18 heavy (non-hydrogen) atoms. The maximum absolute atomic E-state index is 11.8. The van der Waals surface area contributed by atoms with Crippen LogP contribution < -0.4 is 10.0 Å². The van der Waals surface area contributed by atoms with E-state index in [1.165, 1.54) is 7.05 Å². The van der Waals surface area contributed by atoms with Gasteiger partial charge in [-0.05, 0) is 41.2 Å². The molecule has 0 aliphatic heterocycles. The van der Waals surface area contributed by atoms with Crippen molar-refractivity contribution in [2.24, 2.45) is 0 Å². The lowest BCUT2D eigenvalue weighted by molar-refractivity contribution is 0.0955. The first-order chi connectivity index (χ1) is 8.35. The molecule has 0 aliphatic rings. The van der Waals surface area contributed by atoms with E-state index in [0.717, 1.165) is 4.47 Å². The fourth-order valence-electron chi connectivity index (χ4n) is 1.17. The first kappa shape index (κ1) is 15.6. The third-order valence-electron chi connectivity index (χ3n) is 2.14. The van der Waals surface area contributed by atoms with Crippen LogP contribution >= 0.6 is 31.9 Å². The number of sulfonamides is 1. The number of hydrogen-bond acceptors (Lipinski definition) is 3. The number of benzene rings is 1. The van der Waals surface area contributed by atoms with E-state index in [-0.39, 0.29) is 18.2 Å². The van der Waals surface area contributed by atoms with Gasteiger partial charge in [0.2, 0.25) is 10.0 Å². The van der Waals surface area contributed by atoms with E-state index < -0.39 is 10.0 Å². The number of rotatable bonds is 5. The topological polar surface area (TPSA) is 75.3 Å². The average molecular weight is 400 g/mol. The van der Waals surface area contributed by atoms with Gasteiger partial charge >= 0.3 is 0 Å². The minimum absolute atomic E-state index is 0.0600. The van der Waals surface area contributed by atoms with Gasteiger partial charge in [-0.2, -0.15) is 0 Å². The number of carbonyl (C=O) groups is 1. The zero-order valence-corrected chi connectivity index (χ0v) is 13.5. The summed E-state index contributed by atoms with van der Waals surface area (Å²) in [7, 11) is -1.96. The lowest BCUT2D eigenvalue weighted by Gasteiger charge is -2.07. The van der Waals surface area contributed by atoms with Gasteiger partial charge in [0, 0.05) is 15.5 Å². The van der Waals surface area contributed by atoms with Crippen molar-refractivity contribution in [3.8, 4) is 0 Å². The van der Waals surface area contributed by atoms with E-state index in [0.29, 0.717) is 10.0 Å². The Kier molecular flexibility index (Phi) is 5.77. The highest BCUT2D eigenvalue weighted by Crippen LogP contribution is 2.21. The molecule has 0 atom stereocenters. The minimum atomic E-state index is -3.30. The van der Waals surface area contributed by atoms with E-state index in [2.05, 4.69) is 41.9 Å². The molecule has 0 saturated carbocycles. The van der Waals surface area contributed by atoms with Crippen LogP contribution in [0.1, 0.15) is 10.4 Å². The normalized spacial score (nSPS) is 11.3. The molecule has 1 aromatic rings. The van der Waals surface area contributed by atoms with Crippen LogP contribution in [0.3, 0.4) is 0 Å². The maximum Gasteiger partial charge on any atom is 0.252 e. The second kappa shape index (κ2) is 6.65. The summed E-state index contributed by atoms with van der Waals surface area (Å²) in [5.41, 5.74) is 0.458. The quantitative estimate of drug-likeness (QED) is 0.787. The maximum atomic E-state index is 11.8. The van der Waals surface area contributed by atoms with Gasteiger partial charge in [0.1, 0.15) is 0 Å². The third kappa shape index (κ3) is 4.68. The average Bonchev–Trinajstić information content (AvgIpc) is 2.28. The van der Waals surface area contributed by atoms with Gasteiger partial charge in [-0.1, -0.05) is 15.9 Å². The zero-order valence-electron chi connectivity index (χ0n) is 9.54. The molecule has 0 saturated heterocycles. The van der Waals surface area contributed by atoms with Crippen molar-refractivity contribution in [2.45, 2.75) is 0 Å². The van der Waals surface area contributed by atoms with Gasteiger partial charge in [0.05, 0.1) is 11.3 Å². The van der Waals surface area contributed by atoms with E-state index in [1.54, 1.807) is 18.2 Å². The standard InChI is InChI=1S/C10H12Br2N2O3S/c1-13-18(16,17)5-4-14-10(15)8-3-2-7(11)6-9(8)12/h2-3,6,13H,4-5H2,1H3,(H,14,15). The third-order valence-corrected chi connectivity index (χ3v) is 4.66. The van der Waals surface area contributed by atoms with Crippen LogP contribution in [0.5, 0.6) is 0 Å².